The molecule has 0 saturated carbocycles. The summed E-state index contributed by atoms with van der Waals surface area (Å²) in [6.07, 6.45) is 3.82. The smallest absolute Gasteiger partial charge is 0.119 e. The second-order valence-corrected chi connectivity index (χ2v) is 4.12. The molecule has 82 valence electrons. The van der Waals surface area contributed by atoms with E-state index in [4.69, 9.17) is 4.74 Å². The maximum absolute atomic E-state index is 9.65. The minimum Gasteiger partial charge on any atom is -0.494 e. The lowest BCUT2D eigenvalue weighted by atomic mass is 10.1. The largest absolute Gasteiger partial charge is 0.494 e. The number of ether oxygens (including phenoxy) is 1. The van der Waals surface area contributed by atoms with E-state index in [9.17, 15) is 5.11 Å². The highest BCUT2D eigenvalue weighted by atomic mass is 16.5. The zero-order valence-corrected chi connectivity index (χ0v) is 9.20. The SMILES string of the molecule is CCCCOc1ccc2c(c1)CC[C@@H]2O. The van der Waals surface area contributed by atoms with Gasteiger partial charge in [-0.2, -0.15) is 0 Å². The molecule has 0 spiro atoms. The van der Waals surface area contributed by atoms with Crippen LogP contribution in [-0.4, -0.2) is 11.7 Å². The van der Waals surface area contributed by atoms with Crippen LogP contribution < -0.4 is 4.74 Å². The molecule has 1 aliphatic carbocycles. The fourth-order valence-electron chi connectivity index (χ4n) is 2.00. The predicted octanol–water partition coefficient (Wildman–Crippen LogP) is 2.85. The van der Waals surface area contributed by atoms with Crippen molar-refractivity contribution in [1.29, 1.82) is 0 Å². The van der Waals surface area contributed by atoms with Gasteiger partial charge in [0.05, 0.1) is 12.7 Å². The van der Waals surface area contributed by atoms with Crippen molar-refractivity contribution in [3.63, 3.8) is 0 Å². The van der Waals surface area contributed by atoms with E-state index in [1.54, 1.807) is 0 Å². The van der Waals surface area contributed by atoms with Crippen molar-refractivity contribution in [2.75, 3.05) is 6.61 Å². The molecule has 1 aliphatic rings. The molecule has 15 heavy (non-hydrogen) atoms. The molecule has 2 rings (SSSR count). The highest BCUT2D eigenvalue weighted by Gasteiger charge is 2.20. The average Bonchev–Trinajstić information content (AvgIpc) is 2.61. The third-order valence-electron chi connectivity index (χ3n) is 2.93. The Labute approximate surface area is 90.9 Å². The second-order valence-electron chi connectivity index (χ2n) is 4.12. The Morgan fingerprint density at radius 2 is 2.33 bits per heavy atom. The molecule has 1 atom stereocenters. The van der Waals surface area contributed by atoms with Crippen LogP contribution in [0.4, 0.5) is 0 Å². The van der Waals surface area contributed by atoms with E-state index in [0.717, 1.165) is 43.6 Å². The Bertz CT molecular complexity index is 333. The van der Waals surface area contributed by atoms with E-state index in [1.807, 2.05) is 12.1 Å². The molecule has 1 aromatic rings. The molecule has 2 nitrogen and oxygen atoms in total. The van der Waals surface area contributed by atoms with Gasteiger partial charge in [-0.1, -0.05) is 19.4 Å². The summed E-state index contributed by atoms with van der Waals surface area (Å²) < 4.78 is 5.63. The normalized spacial score (nSPS) is 18.9. The monoisotopic (exact) mass is 206 g/mol. The topological polar surface area (TPSA) is 29.5 Å². The van der Waals surface area contributed by atoms with Crippen LogP contribution in [0.25, 0.3) is 0 Å². The van der Waals surface area contributed by atoms with Gasteiger partial charge >= 0.3 is 0 Å². The summed E-state index contributed by atoms with van der Waals surface area (Å²) in [6.45, 7) is 2.94. The quantitative estimate of drug-likeness (QED) is 0.767. The first-order valence-electron chi connectivity index (χ1n) is 5.75. The molecule has 0 radical (unpaired) electrons. The van der Waals surface area contributed by atoms with Crippen LogP contribution in [0, 0.1) is 0 Å². The van der Waals surface area contributed by atoms with Crippen molar-refractivity contribution in [2.24, 2.45) is 0 Å². The Balaban J connectivity index is 2.03. The van der Waals surface area contributed by atoms with Crippen molar-refractivity contribution < 1.29 is 9.84 Å². The van der Waals surface area contributed by atoms with E-state index in [1.165, 1.54) is 5.56 Å². The van der Waals surface area contributed by atoms with Gasteiger partial charge < -0.3 is 9.84 Å². The van der Waals surface area contributed by atoms with Gasteiger partial charge in [-0.15, -0.1) is 0 Å². The molecular formula is C13H18O2. The Morgan fingerprint density at radius 3 is 3.13 bits per heavy atom. The van der Waals surface area contributed by atoms with Gasteiger partial charge in [0.15, 0.2) is 0 Å². The maximum atomic E-state index is 9.65. The third kappa shape index (κ3) is 2.32. The highest BCUT2D eigenvalue weighted by molar-refractivity contribution is 5.39. The summed E-state index contributed by atoms with van der Waals surface area (Å²) in [4.78, 5) is 0. The van der Waals surface area contributed by atoms with Crippen molar-refractivity contribution in [3.8, 4) is 5.75 Å². The fourth-order valence-corrected chi connectivity index (χ4v) is 2.00. The molecule has 2 heteroatoms. The third-order valence-corrected chi connectivity index (χ3v) is 2.93. The van der Waals surface area contributed by atoms with E-state index in [2.05, 4.69) is 13.0 Å². The number of hydrogen-bond donors (Lipinski definition) is 1. The van der Waals surface area contributed by atoms with Gasteiger partial charge in [0.1, 0.15) is 5.75 Å². The average molecular weight is 206 g/mol. The Hall–Kier alpha value is -1.02. The summed E-state index contributed by atoms with van der Waals surface area (Å²) in [5, 5.41) is 9.65. The summed E-state index contributed by atoms with van der Waals surface area (Å²) in [7, 11) is 0. The summed E-state index contributed by atoms with van der Waals surface area (Å²) in [5.41, 5.74) is 2.33. The van der Waals surface area contributed by atoms with Gasteiger partial charge in [-0.3, -0.25) is 0 Å². The Morgan fingerprint density at radius 1 is 1.47 bits per heavy atom. The van der Waals surface area contributed by atoms with Crippen LogP contribution in [0.3, 0.4) is 0 Å². The van der Waals surface area contributed by atoms with Gasteiger partial charge in [0, 0.05) is 0 Å². The number of fused-ring (bicyclic) bond motifs is 1. The zero-order valence-electron chi connectivity index (χ0n) is 9.20. The number of hydrogen-bond acceptors (Lipinski definition) is 2. The number of aryl methyl sites for hydroxylation is 1. The van der Waals surface area contributed by atoms with Crippen LogP contribution in [-0.2, 0) is 6.42 Å². The van der Waals surface area contributed by atoms with Crippen LogP contribution in [0.2, 0.25) is 0 Å². The number of rotatable bonds is 4. The number of benzene rings is 1. The number of aliphatic hydroxyl groups excluding tert-OH is 1. The van der Waals surface area contributed by atoms with Gasteiger partial charge in [0.2, 0.25) is 0 Å². The second kappa shape index (κ2) is 4.67. The Kier molecular flexibility index (Phi) is 3.27. The molecule has 1 aromatic carbocycles. The van der Waals surface area contributed by atoms with E-state index in [0.29, 0.717) is 0 Å². The summed E-state index contributed by atoms with van der Waals surface area (Å²) in [5.74, 6) is 0.941. The number of unbranched alkanes of at least 4 members (excludes halogenated alkanes) is 1. The molecule has 0 heterocycles. The predicted molar refractivity (Wildman–Crippen MR) is 60.1 cm³/mol. The molecule has 0 bridgehead atoms. The molecule has 0 aliphatic heterocycles. The molecule has 0 fully saturated rings. The first kappa shape index (κ1) is 10.5. The minimum absolute atomic E-state index is 0.260. The molecule has 1 N–H and O–H groups in total. The fraction of sp³-hybridized carbons (Fsp3) is 0.538. The molecule has 0 aromatic heterocycles. The first-order chi connectivity index (χ1) is 7.31. The molecule has 0 amide bonds. The van der Waals surface area contributed by atoms with Crippen molar-refractivity contribution in [3.05, 3.63) is 29.3 Å². The standard InChI is InChI=1S/C13H18O2/c1-2-3-8-15-11-5-6-12-10(9-11)4-7-13(12)14/h5-6,9,13-14H,2-4,7-8H2,1H3/t13-/m0/s1. The van der Waals surface area contributed by atoms with Crippen LogP contribution >= 0.6 is 0 Å². The number of aliphatic hydroxyl groups is 1. The molecule has 0 saturated heterocycles. The van der Waals surface area contributed by atoms with Crippen LogP contribution in [0.5, 0.6) is 5.75 Å². The summed E-state index contributed by atoms with van der Waals surface area (Å²) >= 11 is 0. The summed E-state index contributed by atoms with van der Waals surface area (Å²) in [6, 6.07) is 6.03. The minimum atomic E-state index is -0.260. The van der Waals surface area contributed by atoms with E-state index in [-0.39, 0.29) is 6.10 Å². The van der Waals surface area contributed by atoms with Crippen LogP contribution in [0.15, 0.2) is 18.2 Å². The zero-order chi connectivity index (χ0) is 10.7. The van der Waals surface area contributed by atoms with Gasteiger partial charge in [-0.05, 0) is 42.5 Å². The van der Waals surface area contributed by atoms with Gasteiger partial charge in [0.25, 0.3) is 0 Å². The van der Waals surface area contributed by atoms with Crippen molar-refractivity contribution in [1.82, 2.24) is 0 Å². The lowest BCUT2D eigenvalue weighted by Crippen LogP contribution is -1.97. The van der Waals surface area contributed by atoms with Gasteiger partial charge in [-0.25, -0.2) is 0 Å². The van der Waals surface area contributed by atoms with E-state index < -0.39 is 0 Å². The van der Waals surface area contributed by atoms with Crippen molar-refractivity contribution in [2.45, 2.75) is 38.7 Å². The first-order valence-corrected chi connectivity index (χ1v) is 5.75. The molecule has 0 unspecified atom stereocenters. The highest BCUT2D eigenvalue weighted by Crippen LogP contribution is 2.33. The lowest BCUT2D eigenvalue weighted by Gasteiger charge is -2.08. The lowest BCUT2D eigenvalue weighted by molar-refractivity contribution is 0.180. The van der Waals surface area contributed by atoms with E-state index >= 15 is 0 Å². The molecular weight excluding hydrogens is 188 g/mol. The maximum Gasteiger partial charge on any atom is 0.119 e. The van der Waals surface area contributed by atoms with Crippen LogP contribution in [0.1, 0.15) is 43.4 Å². The van der Waals surface area contributed by atoms with Crippen molar-refractivity contribution >= 4 is 0 Å².